The maximum Gasteiger partial charge on any atom is -0.00264 e. The van der Waals surface area contributed by atoms with Gasteiger partial charge in [-0.05, 0) is 43.8 Å². The first-order valence-electron chi connectivity index (χ1n) is 8.98. The van der Waals surface area contributed by atoms with Gasteiger partial charge in [0.2, 0.25) is 0 Å². The third-order valence-corrected chi connectivity index (χ3v) is 5.06. The van der Waals surface area contributed by atoms with Crippen molar-refractivity contribution in [1.29, 1.82) is 0 Å². The Hall–Kier alpha value is -2.38. The molecule has 0 aliphatic rings. The Morgan fingerprint density at radius 1 is 0.296 bits per heavy atom. The van der Waals surface area contributed by atoms with E-state index in [9.17, 15) is 0 Å². The summed E-state index contributed by atoms with van der Waals surface area (Å²) in [6.45, 7) is 0. The van der Waals surface area contributed by atoms with Gasteiger partial charge in [0.05, 0.1) is 0 Å². The van der Waals surface area contributed by atoms with Crippen molar-refractivity contribution in [3.8, 4) is 22.3 Å². The van der Waals surface area contributed by atoms with Crippen LogP contribution in [0.15, 0.2) is 109 Å². The van der Waals surface area contributed by atoms with E-state index in [1.165, 1.54) is 43.8 Å². The Kier molecular flexibility index (Phi) is 5.13. The van der Waals surface area contributed by atoms with Crippen LogP contribution in [0.3, 0.4) is 0 Å². The molecule has 0 radical (unpaired) electrons. The Balaban J connectivity index is 0.00000180. The monoisotopic (exact) mass is 354 g/mol. The molecule has 0 atom stereocenters. The number of hydrogen-bond acceptors (Lipinski definition) is 0. The largest absolute Gasteiger partial charge is 0.0622 e. The molecule has 0 spiro atoms. The maximum atomic E-state index is 2.25. The molecule has 0 fully saturated rings. The van der Waals surface area contributed by atoms with Crippen molar-refractivity contribution in [3.05, 3.63) is 109 Å². The molecule has 5 aromatic carbocycles. The van der Waals surface area contributed by atoms with Gasteiger partial charge in [0, 0.05) is 0 Å². The fraction of sp³-hybridized carbons (Fsp3) is 0. The van der Waals surface area contributed by atoms with Crippen LogP contribution in [-0.4, -0.2) is 29.6 Å². The maximum absolute atomic E-state index is 2.25. The molecule has 0 aromatic heterocycles. The summed E-state index contributed by atoms with van der Waals surface area (Å²) >= 11 is 0. The van der Waals surface area contributed by atoms with Crippen LogP contribution in [0.1, 0.15) is 0 Å². The Morgan fingerprint density at radius 2 is 0.556 bits per heavy atom. The molecule has 0 unspecified atom stereocenters. The molecule has 0 N–H and O–H groups in total. The molecule has 0 aliphatic carbocycles. The summed E-state index contributed by atoms with van der Waals surface area (Å²) in [5, 5.41) is 5.21. The number of hydrogen-bond donors (Lipinski definition) is 0. The zero-order valence-electron chi connectivity index (χ0n) is 14.4. The van der Waals surface area contributed by atoms with Gasteiger partial charge in [-0.15, -0.1) is 0 Å². The average Bonchev–Trinajstić information content (AvgIpc) is 2.73. The fourth-order valence-corrected chi connectivity index (χ4v) is 3.96. The Labute approximate surface area is 181 Å². The van der Waals surface area contributed by atoms with Gasteiger partial charge in [-0.1, -0.05) is 109 Å². The van der Waals surface area contributed by atoms with E-state index in [0.717, 1.165) is 0 Å². The minimum absolute atomic E-state index is 0. The van der Waals surface area contributed by atoms with E-state index in [4.69, 9.17) is 0 Å². The molecule has 1 heteroatoms. The second-order valence-electron chi connectivity index (χ2n) is 6.57. The first kappa shape index (κ1) is 18.0. The van der Waals surface area contributed by atoms with Crippen LogP contribution in [0.25, 0.3) is 43.8 Å². The van der Waals surface area contributed by atoms with Gasteiger partial charge in [0.1, 0.15) is 0 Å². The van der Waals surface area contributed by atoms with Crippen LogP contribution in [0.4, 0.5) is 0 Å². The van der Waals surface area contributed by atoms with Crippen molar-refractivity contribution >= 4 is 51.1 Å². The molecule has 0 nitrogen and oxygen atoms in total. The van der Waals surface area contributed by atoms with Gasteiger partial charge in [0.15, 0.2) is 0 Å². The normalized spacial score (nSPS) is 10.7. The van der Waals surface area contributed by atoms with Crippen molar-refractivity contribution in [1.82, 2.24) is 0 Å². The molecule has 27 heavy (non-hydrogen) atoms. The second-order valence-corrected chi connectivity index (χ2v) is 6.57. The average molecular weight is 354 g/mol. The number of fused-ring (bicyclic) bond motifs is 2. The molecule has 0 bridgehead atoms. The van der Waals surface area contributed by atoms with Gasteiger partial charge in [0.25, 0.3) is 0 Å². The topological polar surface area (TPSA) is 0 Å². The van der Waals surface area contributed by atoms with Crippen LogP contribution in [0.2, 0.25) is 0 Å². The molecule has 0 saturated heterocycles. The van der Waals surface area contributed by atoms with E-state index in [1.54, 1.807) is 0 Å². The smallest absolute Gasteiger partial charge is 0.00264 e. The van der Waals surface area contributed by atoms with Gasteiger partial charge >= 0.3 is 29.6 Å². The zero-order chi connectivity index (χ0) is 17.3. The first-order valence-corrected chi connectivity index (χ1v) is 8.98. The predicted molar refractivity (Wildman–Crippen MR) is 119 cm³/mol. The second kappa shape index (κ2) is 7.70. The molecule has 5 rings (SSSR count). The molecular weight excluding hydrogens is 335 g/mol. The fourth-order valence-electron chi connectivity index (χ4n) is 3.96. The molecule has 124 valence electrons. The quantitative estimate of drug-likeness (QED) is 0.245. The van der Waals surface area contributed by atoms with Crippen molar-refractivity contribution in [2.75, 3.05) is 0 Å². The molecule has 0 aliphatic heterocycles. The van der Waals surface area contributed by atoms with E-state index in [1.807, 2.05) is 0 Å². The zero-order valence-corrected chi connectivity index (χ0v) is 14.4. The van der Waals surface area contributed by atoms with Crippen molar-refractivity contribution in [2.45, 2.75) is 0 Å². The summed E-state index contributed by atoms with van der Waals surface area (Å²) in [7, 11) is 0. The molecule has 0 amide bonds. The summed E-state index contributed by atoms with van der Waals surface area (Å²) < 4.78 is 0. The van der Waals surface area contributed by atoms with Gasteiger partial charge < -0.3 is 0 Å². The van der Waals surface area contributed by atoms with E-state index in [2.05, 4.69) is 109 Å². The van der Waals surface area contributed by atoms with Crippen LogP contribution in [0, 0.1) is 0 Å². The summed E-state index contributed by atoms with van der Waals surface area (Å²) in [4.78, 5) is 0. The van der Waals surface area contributed by atoms with Crippen LogP contribution >= 0.6 is 0 Å². The third-order valence-electron chi connectivity index (χ3n) is 5.06. The van der Waals surface area contributed by atoms with Gasteiger partial charge in [-0.25, -0.2) is 0 Å². The SMILES string of the molecule is [NaH].c1ccc(-c2c3ccccc3c(-c3ccccc3)c3ccccc23)cc1. The van der Waals surface area contributed by atoms with E-state index >= 15 is 0 Å². The summed E-state index contributed by atoms with van der Waals surface area (Å²) in [6, 6.07) is 39.0. The molecule has 0 heterocycles. The Bertz CT molecular complexity index is 1050. The van der Waals surface area contributed by atoms with Crippen LogP contribution in [-0.2, 0) is 0 Å². The summed E-state index contributed by atoms with van der Waals surface area (Å²) in [5.74, 6) is 0. The number of benzene rings is 5. The number of rotatable bonds is 2. The van der Waals surface area contributed by atoms with Crippen LogP contribution in [0.5, 0.6) is 0 Å². The summed E-state index contributed by atoms with van der Waals surface area (Å²) in [6.07, 6.45) is 0. The van der Waals surface area contributed by atoms with E-state index < -0.39 is 0 Å². The van der Waals surface area contributed by atoms with Gasteiger partial charge in [-0.3, -0.25) is 0 Å². The minimum atomic E-state index is 0. The molecule has 5 aromatic rings. The van der Waals surface area contributed by atoms with Gasteiger partial charge in [-0.2, -0.15) is 0 Å². The summed E-state index contributed by atoms with van der Waals surface area (Å²) in [5.41, 5.74) is 5.16. The third kappa shape index (κ3) is 3.11. The minimum Gasteiger partial charge on any atom is -0.0622 e. The Morgan fingerprint density at radius 3 is 0.852 bits per heavy atom. The predicted octanol–water partition coefficient (Wildman–Crippen LogP) is 6.68. The van der Waals surface area contributed by atoms with E-state index in [-0.39, 0.29) is 29.6 Å². The van der Waals surface area contributed by atoms with Crippen LogP contribution < -0.4 is 0 Å². The first-order chi connectivity index (χ1) is 12.9. The van der Waals surface area contributed by atoms with Crippen molar-refractivity contribution in [3.63, 3.8) is 0 Å². The van der Waals surface area contributed by atoms with Crippen molar-refractivity contribution in [2.24, 2.45) is 0 Å². The molecular formula is C26H19Na. The standard InChI is InChI=1S/C26H18.Na.H/c1-3-11-19(12-4-1)25-21-15-7-9-17-23(21)26(20-13-5-2-6-14-20)24-18-10-8-16-22(24)25;;/h1-18H;;. The van der Waals surface area contributed by atoms with E-state index in [0.29, 0.717) is 0 Å². The van der Waals surface area contributed by atoms with Crippen molar-refractivity contribution < 1.29 is 0 Å². The molecule has 0 saturated carbocycles.